The smallest absolute Gasteiger partial charge is 0.200 e. The lowest BCUT2D eigenvalue weighted by Gasteiger charge is -2.21. The molecule has 8 heterocycles. The topological polar surface area (TPSA) is 431 Å². The van der Waals surface area contributed by atoms with Crippen molar-refractivity contribution in [1.29, 1.82) is 0 Å². The summed E-state index contributed by atoms with van der Waals surface area (Å²) < 4.78 is 0. The summed E-state index contributed by atoms with van der Waals surface area (Å²) in [5, 5.41) is 99.4. The van der Waals surface area contributed by atoms with Crippen LogP contribution in [0.1, 0.15) is 45.2 Å². The van der Waals surface area contributed by atoms with Gasteiger partial charge in [0.1, 0.15) is 23.0 Å². The predicted octanol–water partition coefficient (Wildman–Crippen LogP) is 12.1. The highest BCUT2D eigenvalue weighted by atomic mass is 16.3. The molecule has 14 aromatic rings. The quantitative estimate of drug-likeness (QED) is 0.0449. The fraction of sp³-hybridized carbons (Fsp3) is 0.0256. The minimum atomic E-state index is -0.648. The van der Waals surface area contributed by atoms with E-state index in [1.54, 1.807) is 172 Å². The molecule has 508 valence electrons. The van der Waals surface area contributed by atoms with E-state index in [9.17, 15) is 51.1 Å². The van der Waals surface area contributed by atoms with Crippen molar-refractivity contribution in [3.05, 3.63) is 351 Å². The second-order valence-electron chi connectivity index (χ2n) is 20.8. The zero-order chi connectivity index (χ0) is 67.4. The second kappa shape index (κ2) is 39.3. The highest BCUT2D eigenvalue weighted by molar-refractivity contribution is 5.65. The van der Waals surface area contributed by atoms with Gasteiger partial charge in [0.2, 0.25) is 0 Å². The number of rotatable bonds is 10. The lowest BCUT2D eigenvalue weighted by Crippen LogP contribution is -2.04. The Balaban J connectivity index is 0.000000221. The van der Waals surface area contributed by atoms with Crippen LogP contribution in [0.3, 0.4) is 0 Å². The summed E-state index contributed by atoms with van der Waals surface area (Å²) in [6.07, 6.45) is 28.6. The number of aromatic hydroxyl groups is 10. The van der Waals surface area contributed by atoms with Gasteiger partial charge in [0, 0.05) is 133 Å². The zero-order valence-electron chi connectivity index (χ0n) is 53.2. The van der Waals surface area contributed by atoms with Crippen LogP contribution in [0, 0.1) is 0 Å². The minimum Gasteiger partial charge on any atom is -0.508 e. The van der Waals surface area contributed by atoms with E-state index in [4.69, 9.17) is 0 Å². The Morgan fingerprint density at radius 1 is 0.180 bits per heavy atom. The van der Waals surface area contributed by atoms with Crippen molar-refractivity contribution in [2.45, 2.75) is 11.8 Å². The molecule has 0 bridgehead atoms. The fourth-order valence-electron chi connectivity index (χ4n) is 9.92. The highest BCUT2D eigenvalue weighted by Crippen LogP contribution is 2.47. The fourth-order valence-corrected chi connectivity index (χ4v) is 9.92. The van der Waals surface area contributed by atoms with Gasteiger partial charge in [-0.1, -0.05) is 72.8 Å². The highest BCUT2D eigenvalue weighted by Gasteiger charge is 2.26. The predicted molar refractivity (Wildman–Crippen MR) is 382 cm³/mol. The van der Waals surface area contributed by atoms with E-state index in [0.29, 0.717) is 33.4 Å². The molecular weight excluding hydrogens is 1270 g/mol. The van der Waals surface area contributed by atoms with Gasteiger partial charge in [-0.15, -0.1) is 0 Å². The van der Waals surface area contributed by atoms with Gasteiger partial charge in [-0.05, 0) is 201 Å². The van der Waals surface area contributed by atoms with Crippen molar-refractivity contribution in [2.75, 3.05) is 0 Å². The Hall–Kier alpha value is -13.6. The van der Waals surface area contributed by atoms with E-state index in [-0.39, 0.29) is 44.9 Å². The summed E-state index contributed by atoms with van der Waals surface area (Å²) in [4.78, 5) is 31.6. The third-order valence-corrected chi connectivity index (χ3v) is 14.6. The van der Waals surface area contributed by atoms with Gasteiger partial charge in [-0.3, -0.25) is 39.9 Å². The summed E-state index contributed by atoms with van der Waals surface area (Å²) in [7, 11) is 0. The molecule has 22 heteroatoms. The third-order valence-electron chi connectivity index (χ3n) is 14.6. The van der Waals surface area contributed by atoms with Crippen LogP contribution in [0.2, 0.25) is 0 Å². The maximum Gasteiger partial charge on any atom is 0.200 e. The van der Waals surface area contributed by atoms with E-state index in [0.717, 1.165) is 0 Å². The first-order valence-corrected chi connectivity index (χ1v) is 29.7. The van der Waals surface area contributed by atoms with Crippen LogP contribution in [0.15, 0.2) is 318 Å². The Morgan fingerprint density at radius 3 is 0.460 bits per heavy atom. The van der Waals surface area contributed by atoms with Crippen LogP contribution in [0.5, 0.6) is 57.5 Å². The molecule has 0 atom stereocenters. The van der Waals surface area contributed by atoms with E-state index < -0.39 is 46.3 Å². The van der Waals surface area contributed by atoms with Crippen LogP contribution < -0.4 is 0 Å². The number of para-hydroxylation sites is 4. The van der Waals surface area contributed by atoms with Crippen molar-refractivity contribution in [3.63, 3.8) is 0 Å². The molecule has 0 aliphatic carbocycles. The summed E-state index contributed by atoms with van der Waals surface area (Å²) in [5.74, 6) is -4.43. The lowest BCUT2D eigenvalue weighted by molar-refractivity contribution is 0.366. The second-order valence-corrected chi connectivity index (χ2v) is 20.8. The van der Waals surface area contributed by atoms with Crippen LogP contribution in [0.25, 0.3) is 44.5 Å². The van der Waals surface area contributed by atoms with Crippen LogP contribution in [-0.4, -0.2) is 113 Å². The Labute approximate surface area is 575 Å². The van der Waals surface area contributed by atoms with E-state index in [1.165, 1.54) is 93.0 Å². The maximum atomic E-state index is 10.2. The number of aromatic nitrogens is 8. The van der Waals surface area contributed by atoms with Crippen molar-refractivity contribution in [1.82, 2.24) is 39.9 Å². The molecule has 0 aliphatic rings. The van der Waals surface area contributed by atoms with Gasteiger partial charge in [-0.25, -0.2) is 0 Å². The minimum absolute atomic E-state index is 0. The Morgan fingerprint density at radius 2 is 0.320 bits per heavy atom. The van der Waals surface area contributed by atoms with Crippen molar-refractivity contribution in [2.24, 2.45) is 0 Å². The van der Waals surface area contributed by atoms with Crippen LogP contribution >= 0.6 is 0 Å². The zero-order valence-corrected chi connectivity index (χ0v) is 53.2. The normalized spacial score (nSPS) is 9.86. The molecule has 8 aromatic heterocycles. The molecule has 0 fully saturated rings. The molecular formula is C78H72N8O14. The molecule has 22 nitrogen and oxygen atoms in total. The number of pyridine rings is 8. The van der Waals surface area contributed by atoms with Gasteiger partial charge in [0.25, 0.3) is 0 Å². The number of phenols is 10. The summed E-state index contributed by atoms with van der Waals surface area (Å²) in [5.41, 5.74) is 12.2. The van der Waals surface area contributed by atoms with Crippen LogP contribution in [-0.2, 0) is 0 Å². The first-order valence-electron chi connectivity index (χ1n) is 29.7. The van der Waals surface area contributed by atoms with Crippen molar-refractivity contribution in [3.8, 4) is 102 Å². The standard InChI is InChI=1S/2C19H16O5.4C10H8N2.4H2O/c2*20-14-7-3-1-5-12(14)18(13-6-2-4-8-15(13)21)11-9-16(22)19(24)17(23)10-11;4*1-5-11-6-2-9(1)10-3-7-12-8-4-10;;;;/h2*1-10,18,20-24H;4*1-8H;4*1H2. The molecule has 0 radical (unpaired) electrons. The molecule has 6 aromatic carbocycles. The average Bonchev–Trinajstić information content (AvgIpc) is 0.790. The van der Waals surface area contributed by atoms with E-state index in [1.807, 2.05) is 97.1 Å². The lowest BCUT2D eigenvalue weighted by atomic mass is 9.84. The van der Waals surface area contributed by atoms with Gasteiger partial charge >= 0.3 is 0 Å². The largest absolute Gasteiger partial charge is 0.508 e. The van der Waals surface area contributed by atoms with Gasteiger partial charge in [0.05, 0.1) is 0 Å². The molecule has 0 aliphatic heterocycles. The van der Waals surface area contributed by atoms with E-state index >= 15 is 0 Å². The first kappa shape index (κ1) is 77.1. The Bertz CT molecular complexity index is 3940. The summed E-state index contributed by atoms with van der Waals surface area (Å²) >= 11 is 0. The van der Waals surface area contributed by atoms with Crippen molar-refractivity contribution >= 4 is 0 Å². The molecule has 0 saturated heterocycles. The number of hydrogen-bond acceptors (Lipinski definition) is 18. The molecule has 14 rings (SSSR count). The SMILES string of the molecule is O.O.O.O.Oc1ccccc1C(c1cc(O)c(O)c(O)c1)c1ccccc1O.Oc1ccccc1C(c1cc(O)c(O)c(O)c1)c1ccccc1O.c1cc(-c2ccncc2)ccn1.c1cc(-c2ccncc2)ccn1.c1cc(-c2ccncc2)ccn1.c1cc(-c2ccncc2)ccn1. The third kappa shape index (κ3) is 21.2. The summed E-state index contributed by atoms with van der Waals surface area (Å²) in [6.45, 7) is 0. The van der Waals surface area contributed by atoms with Crippen molar-refractivity contribution < 1.29 is 73.0 Å². The molecule has 0 amide bonds. The van der Waals surface area contributed by atoms with Crippen LogP contribution in [0.4, 0.5) is 0 Å². The molecule has 0 spiro atoms. The van der Waals surface area contributed by atoms with Gasteiger partial charge in [-0.2, -0.15) is 0 Å². The number of benzene rings is 6. The average molecular weight is 1350 g/mol. The molecule has 18 N–H and O–H groups in total. The van der Waals surface area contributed by atoms with Gasteiger partial charge < -0.3 is 73.0 Å². The number of nitrogens with zero attached hydrogens (tertiary/aromatic N) is 8. The summed E-state index contributed by atoms with van der Waals surface area (Å²) in [6, 6.07) is 63.3. The first-order chi connectivity index (χ1) is 46.8. The Kier molecular flexibility index (Phi) is 30.3. The maximum absolute atomic E-state index is 10.2. The molecule has 0 unspecified atom stereocenters. The molecule has 0 saturated carbocycles. The monoisotopic (exact) mass is 1340 g/mol. The van der Waals surface area contributed by atoms with E-state index in [2.05, 4.69) is 39.9 Å². The number of phenolic OH excluding ortho intramolecular Hbond substituents is 10. The number of hydrogen-bond donors (Lipinski definition) is 10. The van der Waals surface area contributed by atoms with Gasteiger partial charge in [0.15, 0.2) is 34.5 Å². The molecule has 100 heavy (non-hydrogen) atoms.